The van der Waals surface area contributed by atoms with Crippen LogP contribution in [0.3, 0.4) is 0 Å². The van der Waals surface area contributed by atoms with Crippen LogP contribution in [0.1, 0.15) is 36.8 Å². The molecule has 1 aromatic rings. The molecule has 2 N–H and O–H groups in total. The van der Waals surface area contributed by atoms with Gasteiger partial charge in [0.2, 0.25) is 5.91 Å². The number of nitrogens with one attached hydrogen (secondary N) is 2. The van der Waals surface area contributed by atoms with Gasteiger partial charge < -0.3 is 20.4 Å². The van der Waals surface area contributed by atoms with Gasteiger partial charge in [0.25, 0.3) is 0 Å². The Morgan fingerprint density at radius 3 is 2.73 bits per heavy atom. The first kappa shape index (κ1) is 17.3. The van der Waals surface area contributed by atoms with Gasteiger partial charge in [0.05, 0.1) is 0 Å². The van der Waals surface area contributed by atoms with Crippen LogP contribution < -0.4 is 10.6 Å². The van der Waals surface area contributed by atoms with Crippen molar-refractivity contribution in [3.8, 4) is 0 Å². The molecule has 2 saturated heterocycles. The molecule has 3 aliphatic heterocycles. The molecule has 0 spiro atoms. The fourth-order valence-corrected chi connectivity index (χ4v) is 4.38. The summed E-state index contributed by atoms with van der Waals surface area (Å²) in [4.78, 5) is 28.7. The molecule has 0 aromatic heterocycles. The SMILES string of the molecule is O=C(CCNC(=O)N1CCc2ccccc2C1)N1CCC2CCC(C1)N2. The number of urea groups is 1. The minimum Gasteiger partial charge on any atom is -0.341 e. The summed E-state index contributed by atoms with van der Waals surface area (Å²) in [7, 11) is 0. The van der Waals surface area contributed by atoms with Crippen molar-refractivity contribution in [3.63, 3.8) is 0 Å². The molecule has 6 heteroatoms. The number of carbonyl (C=O) groups is 2. The molecule has 2 bridgehead atoms. The average Bonchev–Trinajstić information content (AvgIpc) is 2.99. The van der Waals surface area contributed by atoms with Crippen LogP contribution in [0.25, 0.3) is 0 Å². The summed E-state index contributed by atoms with van der Waals surface area (Å²) in [6.07, 6.45) is 4.73. The molecule has 1 aromatic carbocycles. The number of nitrogens with zero attached hydrogens (tertiary/aromatic N) is 2. The quantitative estimate of drug-likeness (QED) is 0.863. The zero-order chi connectivity index (χ0) is 17.9. The molecule has 0 aliphatic carbocycles. The number of likely N-dealkylation sites (tertiary alicyclic amines) is 1. The van der Waals surface area contributed by atoms with Gasteiger partial charge in [0, 0.05) is 51.2 Å². The standard InChI is InChI=1S/C20H28N4O2/c25-19(23-12-9-17-5-6-18(14-23)22-17)7-10-21-20(26)24-11-8-15-3-1-2-4-16(15)13-24/h1-4,17-18,22H,5-14H2,(H,21,26). The molecular weight excluding hydrogens is 328 g/mol. The predicted molar refractivity (Wildman–Crippen MR) is 99.7 cm³/mol. The van der Waals surface area contributed by atoms with E-state index < -0.39 is 0 Å². The van der Waals surface area contributed by atoms with Gasteiger partial charge >= 0.3 is 6.03 Å². The highest BCUT2D eigenvalue weighted by atomic mass is 16.2. The van der Waals surface area contributed by atoms with Crippen molar-refractivity contribution in [1.29, 1.82) is 0 Å². The van der Waals surface area contributed by atoms with Crippen LogP contribution in [0, 0.1) is 0 Å². The summed E-state index contributed by atoms with van der Waals surface area (Å²) in [6.45, 7) is 3.44. The maximum atomic E-state index is 12.5. The second kappa shape index (κ2) is 7.66. The lowest BCUT2D eigenvalue weighted by molar-refractivity contribution is -0.131. The van der Waals surface area contributed by atoms with Gasteiger partial charge in [0.1, 0.15) is 0 Å². The van der Waals surface area contributed by atoms with Crippen LogP contribution in [-0.4, -0.2) is 60.0 Å². The summed E-state index contributed by atoms with van der Waals surface area (Å²) in [5, 5.41) is 6.52. The van der Waals surface area contributed by atoms with Crippen LogP contribution in [0.2, 0.25) is 0 Å². The molecule has 3 heterocycles. The van der Waals surface area contributed by atoms with Gasteiger partial charge in [-0.05, 0) is 36.8 Å². The van der Waals surface area contributed by atoms with Crippen molar-refractivity contribution in [2.45, 2.75) is 50.7 Å². The number of carbonyl (C=O) groups excluding carboxylic acids is 2. The van der Waals surface area contributed by atoms with E-state index in [0.29, 0.717) is 31.6 Å². The Bertz CT molecular complexity index is 678. The number of rotatable bonds is 3. The third-order valence-electron chi connectivity index (χ3n) is 5.91. The molecular formula is C20H28N4O2. The smallest absolute Gasteiger partial charge is 0.317 e. The Labute approximate surface area is 154 Å². The van der Waals surface area contributed by atoms with Gasteiger partial charge in [-0.2, -0.15) is 0 Å². The zero-order valence-electron chi connectivity index (χ0n) is 15.2. The highest BCUT2D eigenvalue weighted by Crippen LogP contribution is 2.21. The van der Waals surface area contributed by atoms with Crippen molar-refractivity contribution in [1.82, 2.24) is 20.4 Å². The number of benzene rings is 1. The minimum absolute atomic E-state index is 0.0658. The average molecular weight is 356 g/mol. The molecule has 0 saturated carbocycles. The van der Waals surface area contributed by atoms with E-state index >= 15 is 0 Å². The normalized spacial score (nSPS) is 24.8. The van der Waals surface area contributed by atoms with Crippen molar-refractivity contribution in [2.24, 2.45) is 0 Å². The first-order chi connectivity index (χ1) is 12.7. The maximum Gasteiger partial charge on any atom is 0.317 e. The van der Waals surface area contributed by atoms with E-state index in [4.69, 9.17) is 0 Å². The Kier molecular flexibility index (Phi) is 5.11. The molecule has 3 amide bonds. The number of hydrogen-bond acceptors (Lipinski definition) is 3. The van der Waals surface area contributed by atoms with E-state index in [9.17, 15) is 9.59 Å². The predicted octanol–water partition coefficient (Wildman–Crippen LogP) is 1.50. The molecule has 2 unspecified atom stereocenters. The van der Waals surface area contributed by atoms with E-state index in [1.165, 1.54) is 24.0 Å². The fraction of sp³-hybridized carbons (Fsp3) is 0.600. The lowest BCUT2D eigenvalue weighted by atomic mass is 10.0. The van der Waals surface area contributed by atoms with E-state index in [1.54, 1.807) is 0 Å². The van der Waals surface area contributed by atoms with E-state index in [2.05, 4.69) is 22.8 Å². The fourth-order valence-electron chi connectivity index (χ4n) is 4.38. The molecule has 2 fully saturated rings. The largest absolute Gasteiger partial charge is 0.341 e. The number of amides is 3. The second-order valence-electron chi connectivity index (χ2n) is 7.69. The number of hydrogen-bond donors (Lipinski definition) is 2. The maximum absolute atomic E-state index is 12.5. The Morgan fingerprint density at radius 1 is 1.04 bits per heavy atom. The monoisotopic (exact) mass is 356 g/mol. The van der Waals surface area contributed by atoms with Crippen LogP contribution in [0.5, 0.6) is 0 Å². The third kappa shape index (κ3) is 3.85. The molecule has 2 atom stereocenters. The van der Waals surface area contributed by atoms with E-state index in [1.807, 2.05) is 21.9 Å². The lowest BCUT2D eigenvalue weighted by Gasteiger charge is -2.29. The summed E-state index contributed by atoms with van der Waals surface area (Å²) in [5.41, 5.74) is 2.55. The van der Waals surface area contributed by atoms with Crippen molar-refractivity contribution in [3.05, 3.63) is 35.4 Å². The van der Waals surface area contributed by atoms with Crippen LogP contribution in [0.4, 0.5) is 4.79 Å². The topological polar surface area (TPSA) is 64.7 Å². The van der Waals surface area contributed by atoms with Gasteiger partial charge in [-0.15, -0.1) is 0 Å². The summed E-state index contributed by atoms with van der Waals surface area (Å²) >= 11 is 0. The molecule has 140 valence electrons. The Morgan fingerprint density at radius 2 is 1.85 bits per heavy atom. The first-order valence-electron chi connectivity index (χ1n) is 9.82. The van der Waals surface area contributed by atoms with Crippen molar-refractivity contribution < 1.29 is 9.59 Å². The lowest BCUT2D eigenvalue weighted by Crippen LogP contribution is -2.44. The van der Waals surface area contributed by atoms with Gasteiger partial charge in [-0.3, -0.25) is 4.79 Å². The Hall–Kier alpha value is -2.08. The van der Waals surface area contributed by atoms with Gasteiger partial charge in [0.15, 0.2) is 0 Å². The van der Waals surface area contributed by atoms with Crippen LogP contribution in [0.15, 0.2) is 24.3 Å². The Balaban J connectivity index is 1.22. The molecule has 3 aliphatic rings. The van der Waals surface area contributed by atoms with Crippen molar-refractivity contribution >= 4 is 11.9 Å². The zero-order valence-corrected chi connectivity index (χ0v) is 15.2. The molecule has 6 nitrogen and oxygen atoms in total. The van der Waals surface area contributed by atoms with Gasteiger partial charge in [-0.25, -0.2) is 4.79 Å². The highest BCUT2D eigenvalue weighted by molar-refractivity contribution is 5.78. The summed E-state index contributed by atoms with van der Waals surface area (Å²) in [6, 6.07) is 9.25. The van der Waals surface area contributed by atoms with Crippen LogP contribution >= 0.6 is 0 Å². The summed E-state index contributed by atoms with van der Waals surface area (Å²) in [5.74, 6) is 0.156. The first-order valence-corrected chi connectivity index (χ1v) is 9.82. The van der Waals surface area contributed by atoms with E-state index in [-0.39, 0.29) is 11.9 Å². The van der Waals surface area contributed by atoms with Crippen molar-refractivity contribution in [2.75, 3.05) is 26.2 Å². The number of fused-ring (bicyclic) bond motifs is 3. The van der Waals surface area contributed by atoms with Crippen LogP contribution in [-0.2, 0) is 17.8 Å². The molecule has 0 radical (unpaired) electrons. The van der Waals surface area contributed by atoms with E-state index in [0.717, 1.165) is 32.5 Å². The second-order valence-corrected chi connectivity index (χ2v) is 7.69. The summed E-state index contributed by atoms with van der Waals surface area (Å²) < 4.78 is 0. The third-order valence-corrected chi connectivity index (χ3v) is 5.91. The van der Waals surface area contributed by atoms with Gasteiger partial charge in [-0.1, -0.05) is 24.3 Å². The highest BCUT2D eigenvalue weighted by Gasteiger charge is 2.31. The molecule has 4 rings (SSSR count). The minimum atomic E-state index is -0.0658. The molecule has 26 heavy (non-hydrogen) atoms.